The lowest BCUT2D eigenvalue weighted by Crippen LogP contribution is -2.16. The normalized spacial score (nSPS) is 15.7. The number of aromatic nitrogens is 1. The number of benzene rings is 8. The van der Waals surface area contributed by atoms with E-state index < -0.39 is 0 Å². The van der Waals surface area contributed by atoms with Crippen LogP contribution in [-0.4, -0.2) is 4.57 Å². The zero-order valence-electron chi connectivity index (χ0n) is 29.6. The average Bonchev–Trinajstić information content (AvgIpc) is 3.56. The molecule has 9 aromatic rings. The van der Waals surface area contributed by atoms with Crippen molar-refractivity contribution < 1.29 is 0 Å². The lowest BCUT2D eigenvalue weighted by Gasteiger charge is -2.28. The largest absolute Gasteiger partial charge is 0.332 e. The number of allylic oxidation sites excluding steroid dienone is 4. The van der Waals surface area contributed by atoms with Crippen LogP contribution in [0.5, 0.6) is 0 Å². The highest BCUT2D eigenvalue weighted by atomic mass is 15.1. The lowest BCUT2D eigenvalue weighted by atomic mass is 9.89. The van der Waals surface area contributed by atoms with Crippen molar-refractivity contribution in [2.45, 2.75) is 13.0 Å². The Morgan fingerprint density at radius 2 is 1.11 bits per heavy atom. The van der Waals surface area contributed by atoms with Crippen LogP contribution in [0.4, 0.5) is 17.1 Å². The number of rotatable bonds is 6. The summed E-state index contributed by atoms with van der Waals surface area (Å²) in [6, 6.07) is 66.3. The highest BCUT2D eigenvalue weighted by Crippen LogP contribution is 2.42. The van der Waals surface area contributed by atoms with Crippen LogP contribution in [-0.2, 0) is 0 Å². The van der Waals surface area contributed by atoms with Gasteiger partial charge in [-0.25, -0.2) is 0 Å². The topological polar surface area (TPSA) is 8.17 Å². The van der Waals surface area contributed by atoms with Gasteiger partial charge in [-0.15, -0.1) is 0 Å². The number of fused-ring (bicyclic) bond motifs is 6. The van der Waals surface area contributed by atoms with Gasteiger partial charge in [-0.1, -0.05) is 159 Å². The van der Waals surface area contributed by atoms with Crippen molar-refractivity contribution in [1.29, 1.82) is 0 Å². The first kappa shape index (κ1) is 31.1. The second kappa shape index (κ2) is 12.8. The Morgan fingerprint density at radius 1 is 0.453 bits per heavy atom. The summed E-state index contributed by atoms with van der Waals surface area (Å²) in [5.74, 6) is 0.282. The van der Waals surface area contributed by atoms with Crippen molar-refractivity contribution in [3.63, 3.8) is 0 Å². The lowest BCUT2D eigenvalue weighted by molar-refractivity contribution is 0.512. The molecule has 1 heterocycles. The first-order valence-electron chi connectivity index (χ1n) is 18.5. The predicted molar refractivity (Wildman–Crippen MR) is 226 cm³/mol. The molecule has 0 spiro atoms. The molecule has 0 amide bonds. The zero-order valence-corrected chi connectivity index (χ0v) is 29.6. The molecule has 2 heteroatoms. The quantitative estimate of drug-likeness (QED) is 0.170. The predicted octanol–water partition coefficient (Wildman–Crippen LogP) is 14.1. The molecule has 10 rings (SSSR count). The number of anilines is 3. The van der Waals surface area contributed by atoms with E-state index in [2.05, 4.69) is 217 Å². The van der Waals surface area contributed by atoms with Crippen LogP contribution in [0.15, 0.2) is 200 Å². The van der Waals surface area contributed by atoms with E-state index in [9.17, 15) is 0 Å². The molecule has 0 bridgehead atoms. The van der Waals surface area contributed by atoms with Gasteiger partial charge >= 0.3 is 0 Å². The monoisotopic (exact) mass is 678 g/mol. The van der Waals surface area contributed by atoms with Crippen LogP contribution in [0.3, 0.4) is 0 Å². The number of para-hydroxylation sites is 2. The van der Waals surface area contributed by atoms with Crippen LogP contribution in [0, 0.1) is 5.92 Å². The minimum atomic E-state index is 0.192. The summed E-state index contributed by atoms with van der Waals surface area (Å²) in [7, 11) is 0. The Morgan fingerprint density at radius 3 is 1.94 bits per heavy atom. The number of hydrogen-bond acceptors (Lipinski definition) is 1. The molecule has 1 aliphatic rings. The van der Waals surface area contributed by atoms with Gasteiger partial charge in [0.15, 0.2) is 0 Å². The smallest absolute Gasteiger partial charge is 0.0586 e. The van der Waals surface area contributed by atoms with Gasteiger partial charge in [-0.05, 0) is 92.9 Å². The molecule has 1 aromatic heterocycles. The molecule has 0 saturated carbocycles. The molecule has 0 aliphatic heterocycles. The van der Waals surface area contributed by atoms with Gasteiger partial charge in [-0.2, -0.15) is 0 Å². The molecule has 0 radical (unpaired) electrons. The van der Waals surface area contributed by atoms with Crippen molar-refractivity contribution in [2.24, 2.45) is 5.92 Å². The van der Waals surface area contributed by atoms with E-state index in [1.807, 2.05) is 0 Å². The van der Waals surface area contributed by atoms with Gasteiger partial charge in [-0.3, -0.25) is 0 Å². The Bertz CT molecular complexity index is 2860. The fourth-order valence-corrected chi connectivity index (χ4v) is 8.42. The molecule has 0 saturated heterocycles. The van der Waals surface area contributed by atoms with E-state index in [1.54, 1.807) is 0 Å². The maximum absolute atomic E-state index is 2.58. The number of hydrogen-bond donors (Lipinski definition) is 0. The van der Waals surface area contributed by atoms with Gasteiger partial charge in [0.2, 0.25) is 0 Å². The fourth-order valence-electron chi connectivity index (χ4n) is 8.42. The summed E-state index contributed by atoms with van der Waals surface area (Å²) in [6.45, 7) is 2.36. The molecule has 0 fully saturated rings. The standard InChI is InChI=1S/C51H38N2/c1-35-32-41(27-31-49(35)53-50-21-10-9-20-47(50)48-30-26-38-13-7-8-19-46(38)51(48)53)40-15-11-18-45(34-40)52(43-16-3-2-4-17-43)44-28-24-37(25-29-44)42-23-22-36-12-5-6-14-39(36)33-42/h2-35,49H,1H3. The van der Waals surface area contributed by atoms with Crippen LogP contribution in [0.1, 0.15) is 18.5 Å². The molecular formula is C51H38N2. The first-order chi connectivity index (χ1) is 26.2. The van der Waals surface area contributed by atoms with E-state index in [0.29, 0.717) is 0 Å². The molecule has 252 valence electrons. The molecule has 8 aromatic carbocycles. The van der Waals surface area contributed by atoms with Crippen molar-refractivity contribution in [2.75, 3.05) is 4.90 Å². The van der Waals surface area contributed by atoms with Crippen LogP contribution < -0.4 is 4.90 Å². The van der Waals surface area contributed by atoms with E-state index in [1.165, 1.54) is 65.6 Å². The Kier molecular flexibility index (Phi) is 7.54. The summed E-state index contributed by atoms with van der Waals surface area (Å²) in [5.41, 5.74) is 10.9. The fraction of sp³-hybridized carbons (Fsp3) is 0.0588. The highest BCUT2D eigenvalue weighted by Gasteiger charge is 2.25. The van der Waals surface area contributed by atoms with Gasteiger partial charge in [0, 0.05) is 38.7 Å². The minimum absolute atomic E-state index is 0.192. The molecule has 1 aliphatic carbocycles. The van der Waals surface area contributed by atoms with Crippen molar-refractivity contribution >= 4 is 66.0 Å². The third-order valence-corrected chi connectivity index (χ3v) is 11.0. The third-order valence-electron chi connectivity index (χ3n) is 11.0. The molecular weight excluding hydrogens is 641 g/mol. The summed E-state index contributed by atoms with van der Waals surface area (Å²) >= 11 is 0. The Labute approximate surface area is 310 Å². The molecule has 2 atom stereocenters. The number of nitrogens with zero attached hydrogens (tertiary/aromatic N) is 2. The summed E-state index contributed by atoms with van der Waals surface area (Å²) in [5, 5.41) is 7.71. The van der Waals surface area contributed by atoms with Crippen LogP contribution >= 0.6 is 0 Å². The molecule has 0 N–H and O–H groups in total. The SMILES string of the molecule is CC1C=C(c2cccc(N(c3ccccc3)c3ccc(-c4ccc5ccccc5c4)cc3)c2)C=CC1n1c2ccccc2c2ccc3ccccc3c21. The summed E-state index contributed by atoms with van der Waals surface area (Å²) in [4.78, 5) is 2.36. The summed E-state index contributed by atoms with van der Waals surface area (Å²) in [6.07, 6.45) is 7.21. The van der Waals surface area contributed by atoms with Gasteiger partial charge in [0.1, 0.15) is 0 Å². The van der Waals surface area contributed by atoms with Gasteiger partial charge in [0.05, 0.1) is 11.6 Å². The van der Waals surface area contributed by atoms with E-state index in [-0.39, 0.29) is 12.0 Å². The van der Waals surface area contributed by atoms with Gasteiger partial charge < -0.3 is 9.47 Å². The second-order valence-corrected chi connectivity index (χ2v) is 14.2. The zero-order chi connectivity index (χ0) is 35.3. The average molecular weight is 679 g/mol. The summed E-state index contributed by atoms with van der Waals surface area (Å²) < 4.78 is 2.58. The maximum atomic E-state index is 2.58. The van der Waals surface area contributed by atoms with Crippen LogP contribution in [0.2, 0.25) is 0 Å². The highest BCUT2D eigenvalue weighted by molar-refractivity contribution is 6.17. The molecule has 2 unspecified atom stereocenters. The van der Waals surface area contributed by atoms with Crippen molar-refractivity contribution in [3.8, 4) is 11.1 Å². The maximum Gasteiger partial charge on any atom is 0.0586 e. The Hall–Kier alpha value is -6.64. The Balaban J connectivity index is 1.01. The van der Waals surface area contributed by atoms with Crippen molar-refractivity contribution in [3.05, 3.63) is 206 Å². The second-order valence-electron chi connectivity index (χ2n) is 14.2. The minimum Gasteiger partial charge on any atom is -0.332 e. The molecule has 2 nitrogen and oxygen atoms in total. The third kappa shape index (κ3) is 5.43. The van der Waals surface area contributed by atoms with Gasteiger partial charge in [0.25, 0.3) is 0 Å². The van der Waals surface area contributed by atoms with E-state index in [0.717, 1.165) is 17.1 Å². The molecule has 53 heavy (non-hydrogen) atoms. The van der Waals surface area contributed by atoms with E-state index >= 15 is 0 Å². The van der Waals surface area contributed by atoms with Crippen LogP contribution in [0.25, 0.3) is 60.1 Å². The van der Waals surface area contributed by atoms with E-state index in [4.69, 9.17) is 0 Å². The first-order valence-corrected chi connectivity index (χ1v) is 18.5. The van der Waals surface area contributed by atoms with Crippen molar-refractivity contribution in [1.82, 2.24) is 4.57 Å².